The molecule has 0 radical (unpaired) electrons. The summed E-state index contributed by atoms with van der Waals surface area (Å²) in [6, 6.07) is 0. The minimum absolute atomic E-state index is 0.202. The van der Waals surface area contributed by atoms with E-state index in [0.29, 0.717) is 12.3 Å². The van der Waals surface area contributed by atoms with E-state index in [4.69, 9.17) is 27.6 Å². The average molecular weight is 185 g/mol. The Bertz CT molecular complexity index is 79.4. The van der Waals surface area contributed by atoms with Gasteiger partial charge in [0, 0.05) is 12.3 Å². The van der Waals surface area contributed by atoms with Crippen molar-refractivity contribution in [2.45, 2.75) is 12.0 Å². The molecule has 0 aliphatic carbocycles. The first-order valence-corrected chi connectivity index (χ1v) is 5.10. The zero-order valence-corrected chi connectivity index (χ0v) is 8.07. The molecular formula is C5H10Cl2OSi. The average Bonchev–Trinajstić information content (AvgIpc) is 1.85. The summed E-state index contributed by atoms with van der Waals surface area (Å²) in [7, 11) is -0.573. The molecule has 0 amide bonds. The molecule has 0 aromatic carbocycles. The van der Waals surface area contributed by atoms with Crippen molar-refractivity contribution >= 4 is 33.0 Å². The Balaban J connectivity index is 3.04. The minimum Gasteiger partial charge on any atom is -0.403 e. The van der Waals surface area contributed by atoms with Crippen LogP contribution in [0.5, 0.6) is 0 Å². The van der Waals surface area contributed by atoms with Crippen molar-refractivity contribution in [1.82, 2.24) is 0 Å². The van der Waals surface area contributed by atoms with Crippen molar-refractivity contribution in [3.8, 4) is 0 Å². The quantitative estimate of drug-likeness (QED) is 0.465. The summed E-state index contributed by atoms with van der Waals surface area (Å²) < 4.78 is 5.13. The number of alkyl halides is 2. The Hall–Kier alpha value is 0.497. The highest BCUT2D eigenvalue weighted by Gasteiger charge is 1.99. The maximum absolute atomic E-state index is 5.64. The Kier molecular flexibility index (Phi) is 6.98. The third kappa shape index (κ3) is 6.38. The van der Waals surface area contributed by atoms with E-state index < -0.39 is 9.76 Å². The van der Waals surface area contributed by atoms with Crippen molar-refractivity contribution in [2.75, 3.05) is 5.88 Å². The van der Waals surface area contributed by atoms with E-state index in [1.165, 1.54) is 0 Å². The summed E-state index contributed by atoms with van der Waals surface area (Å²) in [5.74, 6) is 0.555. The summed E-state index contributed by atoms with van der Waals surface area (Å²) in [5, 5.41) is 0. The third-order valence-electron chi connectivity index (χ3n) is 0.731. The number of hydrogen-bond acceptors (Lipinski definition) is 1. The molecule has 0 spiro atoms. The lowest BCUT2D eigenvalue weighted by Gasteiger charge is -2.05. The van der Waals surface area contributed by atoms with Gasteiger partial charge in [-0.25, -0.2) is 0 Å². The molecule has 1 unspecified atom stereocenters. The second kappa shape index (κ2) is 6.61. The summed E-state index contributed by atoms with van der Waals surface area (Å²) in [6.07, 6.45) is 0.712. The van der Waals surface area contributed by atoms with Gasteiger partial charge in [-0.2, -0.15) is 0 Å². The zero-order valence-electron chi connectivity index (χ0n) is 5.15. The smallest absolute Gasteiger partial charge is 0.186 e. The largest absolute Gasteiger partial charge is 0.403 e. The molecule has 0 aliphatic rings. The van der Waals surface area contributed by atoms with Crippen molar-refractivity contribution < 1.29 is 4.43 Å². The van der Waals surface area contributed by atoms with Gasteiger partial charge in [-0.1, -0.05) is 17.3 Å². The maximum atomic E-state index is 5.64. The van der Waals surface area contributed by atoms with Crippen LogP contribution in [-0.2, 0) is 4.43 Å². The molecule has 0 N–H and O–H groups in total. The first-order chi connectivity index (χ1) is 4.31. The van der Waals surface area contributed by atoms with Crippen LogP contribution in [0.15, 0.2) is 12.3 Å². The van der Waals surface area contributed by atoms with E-state index in [9.17, 15) is 0 Å². The minimum atomic E-state index is -0.573. The van der Waals surface area contributed by atoms with Gasteiger partial charge < -0.3 is 4.43 Å². The highest BCUT2D eigenvalue weighted by Crippen LogP contribution is 2.03. The van der Waals surface area contributed by atoms with Crippen molar-refractivity contribution in [3.05, 3.63) is 12.3 Å². The molecule has 54 valence electrons. The van der Waals surface area contributed by atoms with Crippen molar-refractivity contribution in [3.63, 3.8) is 0 Å². The van der Waals surface area contributed by atoms with Gasteiger partial charge in [0.1, 0.15) is 5.56 Å². The lowest BCUT2D eigenvalue weighted by atomic mass is 10.5. The maximum Gasteiger partial charge on any atom is 0.186 e. The Morgan fingerprint density at radius 2 is 2.44 bits per heavy atom. The van der Waals surface area contributed by atoms with E-state index >= 15 is 0 Å². The second-order valence-corrected chi connectivity index (χ2v) is 3.62. The Morgan fingerprint density at radius 1 is 1.78 bits per heavy atom. The molecule has 0 heterocycles. The van der Waals surface area contributed by atoms with Gasteiger partial charge in [-0.15, -0.1) is 18.2 Å². The fraction of sp³-hybridized carbons (Fsp3) is 0.600. The molecule has 1 atom stereocenters. The van der Waals surface area contributed by atoms with Crippen LogP contribution in [0.4, 0.5) is 0 Å². The molecule has 0 fully saturated rings. The van der Waals surface area contributed by atoms with Gasteiger partial charge in [0.05, 0.1) is 0 Å². The highest BCUT2D eigenvalue weighted by atomic mass is 35.5. The summed E-state index contributed by atoms with van der Waals surface area (Å²) in [5.41, 5.74) is 1.59. The van der Waals surface area contributed by atoms with Gasteiger partial charge in [0.2, 0.25) is 0 Å². The number of hydrogen-bond donors (Lipinski definition) is 0. The number of rotatable bonds is 5. The molecule has 9 heavy (non-hydrogen) atoms. The van der Waals surface area contributed by atoms with Crippen molar-refractivity contribution in [2.24, 2.45) is 0 Å². The van der Waals surface area contributed by atoms with E-state index in [-0.39, 0.29) is 5.56 Å². The monoisotopic (exact) mass is 184 g/mol. The molecule has 0 saturated heterocycles. The molecule has 0 aromatic heterocycles. The van der Waals surface area contributed by atoms with Gasteiger partial charge in [0.25, 0.3) is 0 Å². The normalized spacial score (nSPS) is 14.4. The zero-order chi connectivity index (χ0) is 7.11. The van der Waals surface area contributed by atoms with Crippen LogP contribution in [0.3, 0.4) is 0 Å². The summed E-state index contributed by atoms with van der Waals surface area (Å²) >= 11 is 11.0. The van der Waals surface area contributed by atoms with Gasteiger partial charge in [0.15, 0.2) is 9.76 Å². The SMILES string of the molecule is C=C[SiH2]OC(Cl)CCCl. The van der Waals surface area contributed by atoms with E-state index in [2.05, 4.69) is 6.58 Å². The van der Waals surface area contributed by atoms with Crippen molar-refractivity contribution in [1.29, 1.82) is 0 Å². The lowest BCUT2D eigenvalue weighted by Crippen LogP contribution is -2.07. The van der Waals surface area contributed by atoms with Crippen LogP contribution in [0.1, 0.15) is 6.42 Å². The summed E-state index contributed by atoms with van der Waals surface area (Å²) in [4.78, 5) is 0. The van der Waals surface area contributed by atoms with Crippen LogP contribution in [-0.4, -0.2) is 21.2 Å². The topological polar surface area (TPSA) is 9.23 Å². The van der Waals surface area contributed by atoms with E-state index in [1.54, 1.807) is 5.70 Å². The molecule has 1 nitrogen and oxygen atoms in total. The Labute approximate surface area is 67.9 Å². The van der Waals surface area contributed by atoms with Crippen LogP contribution < -0.4 is 0 Å². The molecule has 0 aromatic rings. The van der Waals surface area contributed by atoms with Crippen LogP contribution >= 0.6 is 23.2 Å². The standard InChI is InChI=1S/C5H10Cl2OSi/c1-2-9-8-5(7)3-4-6/h2,5H,1,3-4,9H2. The lowest BCUT2D eigenvalue weighted by molar-refractivity contribution is 0.298. The van der Waals surface area contributed by atoms with Crippen LogP contribution in [0.25, 0.3) is 0 Å². The highest BCUT2D eigenvalue weighted by molar-refractivity contribution is 6.35. The van der Waals surface area contributed by atoms with Gasteiger partial charge in [-0.3, -0.25) is 0 Å². The number of halogens is 2. The predicted octanol–water partition coefficient (Wildman–Crippen LogP) is 1.42. The molecule has 0 rings (SSSR count). The fourth-order valence-corrected chi connectivity index (χ4v) is 1.49. The first-order valence-electron chi connectivity index (χ1n) is 2.73. The van der Waals surface area contributed by atoms with Crippen LogP contribution in [0.2, 0.25) is 0 Å². The van der Waals surface area contributed by atoms with E-state index in [0.717, 1.165) is 0 Å². The predicted molar refractivity (Wildman–Crippen MR) is 44.8 cm³/mol. The van der Waals surface area contributed by atoms with Gasteiger partial charge >= 0.3 is 0 Å². The van der Waals surface area contributed by atoms with E-state index in [1.807, 2.05) is 0 Å². The third-order valence-corrected chi connectivity index (χ3v) is 2.34. The van der Waals surface area contributed by atoms with Crippen LogP contribution in [0, 0.1) is 0 Å². The summed E-state index contributed by atoms with van der Waals surface area (Å²) in [6.45, 7) is 3.54. The molecule has 4 heteroatoms. The Morgan fingerprint density at radius 3 is 2.89 bits per heavy atom. The first kappa shape index (κ1) is 9.50. The molecule has 0 saturated carbocycles. The van der Waals surface area contributed by atoms with Gasteiger partial charge in [-0.05, 0) is 0 Å². The molecular weight excluding hydrogens is 175 g/mol. The fourth-order valence-electron chi connectivity index (χ4n) is 0.342. The molecule has 0 bridgehead atoms. The second-order valence-electron chi connectivity index (χ2n) is 1.51. The molecule has 0 aliphatic heterocycles.